The number of pyridine rings is 1. The van der Waals surface area contributed by atoms with Gasteiger partial charge in [0.25, 0.3) is 5.91 Å². The Bertz CT molecular complexity index is 1400. The number of aliphatic imine (C=N–C) groups is 1. The Balaban J connectivity index is 0.00000141. The average molecular weight is 471 g/mol. The molecule has 0 saturated carbocycles. The lowest BCUT2D eigenvalue weighted by Crippen LogP contribution is -2.23. The molecule has 0 fully saturated rings. The molecule has 0 radical (unpaired) electrons. The molecule has 1 aliphatic heterocycles. The van der Waals surface area contributed by atoms with Gasteiger partial charge in [0.05, 0.1) is 11.9 Å². The number of allylic oxidation sites excluding steroid dienone is 1. The van der Waals surface area contributed by atoms with Crippen LogP contribution in [0.5, 0.6) is 11.5 Å². The number of hydrogen-bond donors (Lipinski definition) is 2. The Hall–Kier alpha value is -4.26. The third kappa shape index (κ3) is 5.30. The predicted octanol–water partition coefficient (Wildman–Crippen LogP) is 6.23. The molecule has 6 nitrogen and oxygen atoms in total. The van der Waals surface area contributed by atoms with Gasteiger partial charge in [-0.25, -0.2) is 9.37 Å². The van der Waals surface area contributed by atoms with Crippen LogP contribution in [0, 0.1) is 12.7 Å². The zero-order chi connectivity index (χ0) is 24.8. The number of aromatic nitrogens is 2. The number of hydrogen-bond acceptors (Lipinski definition) is 4. The highest BCUT2D eigenvalue weighted by Crippen LogP contribution is 2.33. The molecule has 35 heavy (non-hydrogen) atoms. The Labute approximate surface area is 203 Å². The quantitative estimate of drug-likeness (QED) is 0.351. The van der Waals surface area contributed by atoms with E-state index in [2.05, 4.69) is 20.3 Å². The average Bonchev–Trinajstić information content (AvgIpc) is 3.57. The molecule has 2 aromatic heterocycles. The van der Waals surface area contributed by atoms with Crippen molar-refractivity contribution in [3.8, 4) is 11.5 Å². The Morgan fingerprint density at radius 3 is 2.66 bits per heavy atom. The summed E-state index contributed by atoms with van der Waals surface area (Å²) in [5.74, 6) is 0.698. The summed E-state index contributed by atoms with van der Waals surface area (Å²) in [4.78, 5) is 24.7. The fourth-order valence-electron chi connectivity index (χ4n) is 3.75. The molecule has 1 amide bonds. The molecular weight excluding hydrogens is 443 g/mol. The van der Waals surface area contributed by atoms with Crippen molar-refractivity contribution < 1.29 is 13.9 Å². The van der Waals surface area contributed by atoms with Crippen LogP contribution in [0.4, 0.5) is 4.39 Å². The number of nitrogens with one attached hydrogen (secondary N) is 2. The van der Waals surface area contributed by atoms with Crippen LogP contribution in [0.25, 0.3) is 16.6 Å². The van der Waals surface area contributed by atoms with E-state index in [0.29, 0.717) is 30.2 Å². The number of amides is 1. The van der Waals surface area contributed by atoms with E-state index in [0.717, 1.165) is 33.4 Å². The second kappa shape index (κ2) is 10.8. The molecule has 2 aromatic carbocycles. The van der Waals surface area contributed by atoms with Crippen LogP contribution < -0.4 is 10.1 Å². The van der Waals surface area contributed by atoms with E-state index < -0.39 is 0 Å². The summed E-state index contributed by atoms with van der Waals surface area (Å²) in [6.07, 6.45) is 5.57. The zero-order valence-corrected chi connectivity index (χ0v) is 19.9. The van der Waals surface area contributed by atoms with Gasteiger partial charge < -0.3 is 15.0 Å². The number of carbonyl (C=O) groups excluding carboxylic acids is 1. The number of H-pyrrole nitrogens is 1. The number of aromatic amines is 1. The summed E-state index contributed by atoms with van der Waals surface area (Å²) in [7, 11) is 0. The van der Waals surface area contributed by atoms with Crippen molar-refractivity contribution in [1.29, 1.82) is 0 Å². The van der Waals surface area contributed by atoms with Crippen molar-refractivity contribution in [2.75, 3.05) is 6.54 Å². The number of carbonyl (C=O) groups is 1. The molecule has 0 saturated heterocycles. The first-order valence-corrected chi connectivity index (χ1v) is 11.6. The van der Waals surface area contributed by atoms with Gasteiger partial charge in [0, 0.05) is 41.4 Å². The van der Waals surface area contributed by atoms with Crippen LogP contribution in [0.3, 0.4) is 0 Å². The molecule has 0 bridgehead atoms. The minimum atomic E-state index is -0.307. The van der Waals surface area contributed by atoms with Gasteiger partial charge in [0.1, 0.15) is 23.0 Å². The van der Waals surface area contributed by atoms with Crippen LogP contribution in [0.2, 0.25) is 0 Å². The fourth-order valence-corrected chi connectivity index (χ4v) is 3.75. The zero-order valence-electron chi connectivity index (χ0n) is 19.9. The number of halogens is 1. The van der Waals surface area contributed by atoms with Crippen LogP contribution >= 0.6 is 0 Å². The first-order valence-electron chi connectivity index (χ1n) is 11.6. The van der Waals surface area contributed by atoms with E-state index in [9.17, 15) is 9.18 Å². The molecule has 0 aliphatic carbocycles. The summed E-state index contributed by atoms with van der Waals surface area (Å²) >= 11 is 0. The Kier molecular flexibility index (Phi) is 7.35. The van der Waals surface area contributed by atoms with Gasteiger partial charge in [-0.05, 0) is 48.9 Å². The molecule has 0 atom stereocenters. The van der Waals surface area contributed by atoms with E-state index in [-0.39, 0.29) is 11.7 Å². The number of benzene rings is 2. The monoisotopic (exact) mass is 470 g/mol. The van der Waals surface area contributed by atoms with E-state index in [1.807, 2.05) is 45.2 Å². The predicted molar refractivity (Wildman–Crippen MR) is 138 cm³/mol. The SMILES string of the molecule is CC.Cc1c(Oc2ccnc3[nH]c(C4=CCN=C4)cc23)cccc1C(=O)NCc1ccc(F)cc1. The molecule has 2 N–H and O–H groups in total. The van der Waals surface area contributed by atoms with Gasteiger partial charge in [0.2, 0.25) is 0 Å². The van der Waals surface area contributed by atoms with E-state index in [1.165, 1.54) is 12.1 Å². The third-order valence-electron chi connectivity index (χ3n) is 5.56. The molecule has 0 spiro atoms. The van der Waals surface area contributed by atoms with Gasteiger partial charge in [-0.1, -0.05) is 38.1 Å². The van der Waals surface area contributed by atoms with Crippen molar-refractivity contribution in [2.45, 2.75) is 27.3 Å². The molecule has 1 aliphatic rings. The molecule has 5 rings (SSSR count). The third-order valence-corrected chi connectivity index (χ3v) is 5.56. The second-order valence-electron chi connectivity index (χ2n) is 7.75. The normalized spacial score (nSPS) is 12.2. The van der Waals surface area contributed by atoms with E-state index >= 15 is 0 Å². The lowest BCUT2D eigenvalue weighted by molar-refractivity contribution is 0.0950. The molecule has 0 unspecified atom stereocenters. The van der Waals surface area contributed by atoms with Crippen molar-refractivity contribution in [3.05, 3.63) is 95.1 Å². The highest BCUT2D eigenvalue weighted by molar-refractivity contribution is 6.12. The van der Waals surface area contributed by atoms with Crippen LogP contribution in [-0.4, -0.2) is 28.6 Å². The van der Waals surface area contributed by atoms with Gasteiger partial charge in [-0.3, -0.25) is 9.79 Å². The topological polar surface area (TPSA) is 79.4 Å². The first kappa shape index (κ1) is 23.9. The number of fused-ring (bicyclic) bond motifs is 1. The first-order chi connectivity index (χ1) is 17.1. The van der Waals surface area contributed by atoms with Gasteiger partial charge in [-0.2, -0.15) is 0 Å². The molecule has 7 heteroatoms. The highest BCUT2D eigenvalue weighted by Gasteiger charge is 2.16. The van der Waals surface area contributed by atoms with Crippen molar-refractivity contribution >= 4 is 28.7 Å². The van der Waals surface area contributed by atoms with Crippen LogP contribution in [0.15, 0.2) is 71.9 Å². The standard InChI is InChI=1S/C26H21FN4O2.C2H6/c1-16-20(26(32)30-14-17-5-7-19(27)8-6-17)3-2-4-23(16)33-24-10-12-29-25-21(24)13-22(31-25)18-9-11-28-15-18;1-2/h2-10,12-13,15H,11,14H2,1H3,(H,29,31)(H,30,32);1-2H3. The van der Waals surface area contributed by atoms with Crippen LogP contribution in [0.1, 0.15) is 41.0 Å². The second-order valence-corrected chi connectivity index (χ2v) is 7.75. The summed E-state index contributed by atoms with van der Waals surface area (Å²) in [6, 6.07) is 15.2. The summed E-state index contributed by atoms with van der Waals surface area (Å²) < 4.78 is 19.3. The number of rotatable bonds is 6. The van der Waals surface area contributed by atoms with E-state index in [1.54, 1.807) is 36.5 Å². The molecule has 4 aromatic rings. The number of ether oxygens (including phenoxy) is 1. The number of nitrogens with zero attached hydrogens (tertiary/aromatic N) is 2. The smallest absolute Gasteiger partial charge is 0.251 e. The van der Waals surface area contributed by atoms with Crippen molar-refractivity contribution in [1.82, 2.24) is 15.3 Å². The summed E-state index contributed by atoms with van der Waals surface area (Å²) in [5, 5.41) is 3.73. The minimum Gasteiger partial charge on any atom is -0.456 e. The summed E-state index contributed by atoms with van der Waals surface area (Å²) in [6.45, 7) is 6.83. The lowest BCUT2D eigenvalue weighted by atomic mass is 10.1. The Morgan fingerprint density at radius 1 is 1.11 bits per heavy atom. The summed E-state index contributed by atoms with van der Waals surface area (Å²) in [5.41, 5.74) is 4.73. The molecular formula is C28H27FN4O2. The van der Waals surface area contributed by atoms with Crippen LogP contribution in [-0.2, 0) is 6.54 Å². The maximum Gasteiger partial charge on any atom is 0.251 e. The fraction of sp³-hybridized carbons (Fsp3) is 0.179. The largest absolute Gasteiger partial charge is 0.456 e. The van der Waals surface area contributed by atoms with Gasteiger partial charge in [-0.15, -0.1) is 0 Å². The van der Waals surface area contributed by atoms with Crippen molar-refractivity contribution in [3.63, 3.8) is 0 Å². The maximum absolute atomic E-state index is 13.1. The minimum absolute atomic E-state index is 0.224. The lowest BCUT2D eigenvalue weighted by Gasteiger charge is -2.13. The van der Waals surface area contributed by atoms with Crippen molar-refractivity contribution in [2.24, 2.45) is 4.99 Å². The molecule has 3 heterocycles. The molecule has 178 valence electrons. The van der Waals surface area contributed by atoms with E-state index in [4.69, 9.17) is 4.74 Å². The Morgan fingerprint density at radius 2 is 1.91 bits per heavy atom. The van der Waals surface area contributed by atoms with Gasteiger partial charge >= 0.3 is 0 Å². The van der Waals surface area contributed by atoms with Gasteiger partial charge in [0.15, 0.2) is 0 Å². The highest BCUT2D eigenvalue weighted by atomic mass is 19.1. The maximum atomic E-state index is 13.1.